The zero-order valence-corrected chi connectivity index (χ0v) is 16.0. The summed E-state index contributed by atoms with van der Waals surface area (Å²) < 4.78 is 26.9. The Hall–Kier alpha value is -1.93. The van der Waals surface area contributed by atoms with E-state index in [1.165, 1.54) is 21.3 Å². The van der Waals surface area contributed by atoms with Crippen LogP contribution in [-0.4, -0.2) is 60.8 Å². The van der Waals surface area contributed by atoms with Crippen molar-refractivity contribution in [1.82, 2.24) is 9.21 Å². The molecule has 0 aromatic heterocycles. The summed E-state index contributed by atoms with van der Waals surface area (Å²) in [6.07, 6.45) is 1.14. The lowest BCUT2D eigenvalue weighted by Gasteiger charge is -2.34. The lowest BCUT2D eigenvalue weighted by Crippen LogP contribution is -2.48. The van der Waals surface area contributed by atoms with Crippen LogP contribution < -0.4 is 0 Å². The van der Waals surface area contributed by atoms with Gasteiger partial charge in [0.05, 0.1) is 10.8 Å². The molecule has 0 radical (unpaired) electrons. The molecule has 1 saturated heterocycles. The summed E-state index contributed by atoms with van der Waals surface area (Å²) in [5.74, 6) is -1.73. The van der Waals surface area contributed by atoms with Crippen LogP contribution in [0.3, 0.4) is 0 Å². The zero-order valence-electron chi connectivity index (χ0n) is 15.2. The Balaban J connectivity index is 2.15. The van der Waals surface area contributed by atoms with Crippen molar-refractivity contribution in [2.24, 2.45) is 11.8 Å². The normalized spacial score (nSPS) is 18.7. The van der Waals surface area contributed by atoms with Gasteiger partial charge in [-0.2, -0.15) is 4.31 Å². The molecule has 1 aliphatic rings. The summed E-state index contributed by atoms with van der Waals surface area (Å²) in [6, 6.07) is 8.15. The van der Waals surface area contributed by atoms with Crippen molar-refractivity contribution in [1.29, 1.82) is 0 Å². The van der Waals surface area contributed by atoms with E-state index in [4.69, 9.17) is 5.11 Å². The van der Waals surface area contributed by atoms with Gasteiger partial charge in [0.25, 0.3) is 0 Å². The van der Waals surface area contributed by atoms with Gasteiger partial charge in [-0.3, -0.25) is 9.59 Å². The predicted octanol–water partition coefficient (Wildman–Crippen LogP) is 1.66. The monoisotopic (exact) mass is 382 g/mol. The zero-order chi connectivity index (χ0) is 19.3. The molecule has 0 saturated carbocycles. The van der Waals surface area contributed by atoms with Crippen molar-refractivity contribution in [2.45, 2.75) is 31.6 Å². The van der Waals surface area contributed by atoms with Crippen LogP contribution in [0.25, 0.3) is 0 Å². The molecule has 1 fully saturated rings. The van der Waals surface area contributed by atoms with Gasteiger partial charge in [-0.1, -0.05) is 32.0 Å². The van der Waals surface area contributed by atoms with E-state index in [1.807, 2.05) is 13.8 Å². The fraction of sp³-hybridized carbons (Fsp3) is 0.556. The highest BCUT2D eigenvalue weighted by Crippen LogP contribution is 2.25. The number of piperidine rings is 1. The number of carboxylic acid groups (broad SMARTS) is 1. The molecule has 1 aliphatic heterocycles. The molecular weight excluding hydrogens is 356 g/mol. The largest absolute Gasteiger partial charge is 0.480 e. The number of benzene rings is 1. The summed E-state index contributed by atoms with van der Waals surface area (Å²) in [6.45, 7) is 4.25. The second kappa shape index (κ2) is 8.64. The number of rotatable bonds is 7. The maximum Gasteiger partial charge on any atom is 0.323 e. The average Bonchev–Trinajstić information content (AvgIpc) is 2.60. The first kappa shape index (κ1) is 20.4. The van der Waals surface area contributed by atoms with Crippen LogP contribution in [0.2, 0.25) is 0 Å². The van der Waals surface area contributed by atoms with Crippen LogP contribution in [0.15, 0.2) is 35.2 Å². The van der Waals surface area contributed by atoms with Crippen LogP contribution in [0, 0.1) is 11.8 Å². The van der Waals surface area contributed by atoms with E-state index in [-0.39, 0.29) is 29.8 Å². The summed E-state index contributed by atoms with van der Waals surface area (Å²) >= 11 is 0. The lowest BCUT2D eigenvalue weighted by atomic mass is 9.97. The Morgan fingerprint density at radius 1 is 1.27 bits per heavy atom. The maximum absolute atomic E-state index is 12.8. The molecule has 0 spiro atoms. The standard InChI is InChI=1S/C18H26N2O5S/c1-14(2)11-19(13-17(21)22)18(23)15-7-6-10-20(12-15)26(24,25)16-8-4-3-5-9-16/h3-5,8-9,14-15H,6-7,10-13H2,1-2H3,(H,21,22). The Bertz CT molecular complexity index is 733. The van der Waals surface area contributed by atoms with E-state index in [0.29, 0.717) is 25.9 Å². The molecule has 1 unspecified atom stereocenters. The molecule has 1 heterocycles. The molecule has 1 atom stereocenters. The Morgan fingerprint density at radius 3 is 2.50 bits per heavy atom. The second-order valence-electron chi connectivity index (χ2n) is 7.02. The van der Waals surface area contributed by atoms with Crippen molar-refractivity contribution in [3.63, 3.8) is 0 Å². The third kappa shape index (κ3) is 5.04. The first-order chi connectivity index (χ1) is 12.2. The van der Waals surface area contributed by atoms with Crippen LogP contribution in [-0.2, 0) is 19.6 Å². The highest BCUT2D eigenvalue weighted by Gasteiger charge is 2.35. The van der Waals surface area contributed by atoms with Gasteiger partial charge >= 0.3 is 5.97 Å². The fourth-order valence-corrected chi connectivity index (χ4v) is 4.74. The van der Waals surface area contributed by atoms with Gasteiger partial charge in [0.2, 0.25) is 15.9 Å². The molecule has 1 aromatic carbocycles. The van der Waals surface area contributed by atoms with Crippen LogP contribution in [0.5, 0.6) is 0 Å². The molecule has 1 aromatic rings. The van der Waals surface area contributed by atoms with E-state index < -0.39 is 21.9 Å². The van der Waals surface area contributed by atoms with Crippen molar-refractivity contribution in [2.75, 3.05) is 26.2 Å². The Morgan fingerprint density at radius 2 is 1.92 bits per heavy atom. The van der Waals surface area contributed by atoms with Gasteiger partial charge in [-0.25, -0.2) is 8.42 Å². The lowest BCUT2D eigenvalue weighted by molar-refractivity contribution is -0.147. The smallest absolute Gasteiger partial charge is 0.323 e. The highest BCUT2D eigenvalue weighted by molar-refractivity contribution is 7.89. The molecule has 144 valence electrons. The van der Waals surface area contributed by atoms with E-state index in [9.17, 15) is 18.0 Å². The van der Waals surface area contributed by atoms with E-state index >= 15 is 0 Å². The number of amides is 1. The summed E-state index contributed by atoms with van der Waals surface area (Å²) in [7, 11) is -3.65. The van der Waals surface area contributed by atoms with E-state index in [0.717, 1.165) is 0 Å². The van der Waals surface area contributed by atoms with Crippen molar-refractivity contribution >= 4 is 21.9 Å². The third-order valence-corrected chi connectivity index (χ3v) is 6.22. The number of carboxylic acids is 1. The quantitative estimate of drug-likeness (QED) is 0.774. The van der Waals surface area contributed by atoms with Gasteiger partial charge in [0, 0.05) is 19.6 Å². The molecule has 0 aliphatic carbocycles. The minimum absolute atomic E-state index is 0.0876. The number of carbonyl (C=O) groups excluding carboxylic acids is 1. The number of carbonyl (C=O) groups is 2. The van der Waals surface area contributed by atoms with E-state index in [1.54, 1.807) is 18.2 Å². The maximum atomic E-state index is 12.8. The number of sulfonamides is 1. The molecule has 2 rings (SSSR count). The summed E-state index contributed by atoms with van der Waals surface area (Å²) in [5.41, 5.74) is 0. The second-order valence-corrected chi connectivity index (χ2v) is 8.96. The molecular formula is C18H26N2O5S. The first-order valence-corrected chi connectivity index (χ1v) is 10.2. The predicted molar refractivity (Wildman–Crippen MR) is 97.0 cm³/mol. The van der Waals surface area contributed by atoms with Crippen molar-refractivity contribution < 1.29 is 23.1 Å². The fourth-order valence-electron chi connectivity index (χ4n) is 3.20. The number of aliphatic carboxylic acids is 1. The SMILES string of the molecule is CC(C)CN(CC(=O)O)C(=O)C1CCCN(S(=O)(=O)c2ccccc2)C1. The minimum atomic E-state index is -3.65. The van der Waals surface area contributed by atoms with Crippen LogP contribution in [0.1, 0.15) is 26.7 Å². The molecule has 8 heteroatoms. The molecule has 1 amide bonds. The minimum Gasteiger partial charge on any atom is -0.480 e. The summed E-state index contributed by atoms with van der Waals surface area (Å²) in [5, 5.41) is 9.07. The Kier molecular flexibility index (Phi) is 6.77. The average molecular weight is 382 g/mol. The van der Waals surface area contributed by atoms with Crippen molar-refractivity contribution in [3.8, 4) is 0 Å². The topological polar surface area (TPSA) is 95.0 Å². The van der Waals surface area contributed by atoms with Gasteiger partial charge in [0.1, 0.15) is 6.54 Å². The summed E-state index contributed by atoms with van der Waals surface area (Å²) in [4.78, 5) is 25.4. The van der Waals surface area contributed by atoms with Crippen LogP contribution >= 0.6 is 0 Å². The first-order valence-electron chi connectivity index (χ1n) is 8.77. The van der Waals surface area contributed by atoms with Gasteiger partial charge in [-0.05, 0) is 30.9 Å². The highest BCUT2D eigenvalue weighted by atomic mass is 32.2. The number of nitrogens with zero attached hydrogens (tertiary/aromatic N) is 2. The number of hydrogen-bond donors (Lipinski definition) is 1. The Labute approximate surface area is 154 Å². The molecule has 26 heavy (non-hydrogen) atoms. The number of hydrogen-bond acceptors (Lipinski definition) is 4. The van der Waals surface area contributed by atoms with Gasteiger partial charge in [0.15, 0.2) is 0 Å². The molecule has 0 bridgehead atoms. The van der Waals surface area contributed by atoms with Gasteiger partial charge < -0.3 is 10.0 Å². The van der Waals surface area contributed by atoms with Crippen molar-refractivity contribution in [3.05, 3.63) is 30.3 Å². The van der Waals surface area contributed by atoms with E-state index in [2.05, 4.69) is 0 Å². The third-order valence-electron chi connectivity index (χ3n) is 4.34. The van der Waals surface area contributed by atoms with Gasteiger partial charge in [-0.15, -0.1) is 0 Å². The van der Waals surface area contributed by atoms with Crippen LogP contribution in [0.4, 0.5) is 0 Å². The molecule has 1 N–H and O–H groups in total. The molecule has 7 nitrogen and oxygen atoms in total.